The lowest BCUT2D eigenvalue weighted by Crippen LogP contribution is -2.45. The molecule has 0 aromatic carbocycles. The maximum atomic E-state index is 12.5. The molecule has 0 spiro atoms. The third-order valence-corrected chi connectivity index (χ3v) is 16.1. The van der Waals surface area contributed by atoms with E-state index in [1.807, 2.05) is 6.08 Å². The molecule has 0 saturated carbocycles. The quantitative estimate of drug-likeness (QED) is 0.0320. The summed E-state index contributed by atoms with van der Waals surface area (Å²) in [6.45, 7) is 4.94. The molecule has 0 rings (SSSR count). The number of hydrogen-bond acceptors (Lipinski definition) is 5. The lowest BCUT2D eigenvalue weighted by atomic mass is 10.0. The highest BCUT2D eigenvalue weighted by Crippen LogP contribution is 2.19. The average Bonchev–Trinajstić information content (AvgIpc) is 3.40. The van der Waals surface area contributed by atoms with Gasteiger partial charge in [0.2, 0.25) is 5.91 Å². The number of carbonyl (C=O) groups is 2. The van der Waals surface area contributed by atoms with Crippen LogP contribution in [0.2, 0.25) is 0 Å². The van der Waals surface area contributed by atoms with Gasteiger partial charge in [-0.2, -0.15) is 0 Å². The number of ether oxygens (including phenoxy) is 1. The summed E-state index contributed by atoms with van der Waals surface area (Å²) < 4.78 is 5.50. The van der Waals surface area contributed by atoms with E-state index in [0.717, 1.165) is 38.5 Å². The summed E-state index contributed by atoms with van der Waals surface area (Å²) in [7, 11) is 0. The van der Waals surface area contributed by atoms with E-state index in [0.29, 0.717) is 19.4 Å². The minimum absolute atomic E-state index is 0.0101. The van der Waals surface area contributed by atoms with Gasteiger partial charge in [0.25, 0.3) is 0 Å². The Kier molecular flexibility index (Phi) is 62.9. The van der Waals surface area contributed by atoms with Crippen LogP contribution in [0.4, 0.5) is 0 Å². The van der Waals surface area contributed by atoms with Crippen LogP contribution in [0.1, 0.15) is 386 Å². The van der Waals surface area contributed by atoms with Gasteiger partial charge in [-0.3, -0.25) is 9.59 Å². The van der Waals surface area contributed by atoms with Gasteiger partial charge in [0.1, 0.15) is 0 Å². The second kappa shape index (κ2) is 64.1. The number of carbonyl (C=O) groups excluding carboxylic acids is 2. The zero-order valence-electron chi connectivity index (χ0n) is 50.4. The van der Waals surface area contributed by atoms with Crippen LogP contribution in [0.3, 0.4) is 0 Å². The first-order chi connectivity index (χ1) is 36.5. The van der Waals surface area contributed by atoms with E-state index in [1.54, 1.807) is 6.08 Å². The Morgan fingerprint density at radius 2 is 0.622 bits per heavy atom. The third-order valence-electron chi connectivity index (χ3n) is 16.1. The highest BCUT2D eigenvalue weighted by molar-refractivity contribution is 5.76. The third kappa shape index (κ3) is 59.8. The van der Waals surface area contributed by atoms with Crippen LogP contribution < -0.4 is 5.32 Å². The minimum atomic E-state index is -0.849. The summed E-state index contributed by atoms with van der Waals surface area (Å²) in [6, 6.07) is -0.632. The number of hydrogen-bond donors (Lipinski definition) is 3. The van der Waals surface area contributed by atoms with E-state index >= 15 is 0 Å². The van der Waals surface area contributed by atoms with Crippen LogP contribution >= 0.6 is 0 Å². The Morgan fingerprint density at radius 3 is 0.919 bits per heavy atom. The van der Waals surface area contributed by atoms with Gasteiger partial charge in [0.15, 0.2) is 0 Å². The van der Waals surface area contributed by atoms with Gasteiger partial charge in [0, 0.05) is 12.8 Å². The van der Waals surface area contributed by atoms with Crippen molar-refractivity contribution in [3.05, 3.63) is 12.2 Å². The fraction of sp³-hybridized carbons (Fsp3) is 0.941. The first kappa shape index (κ1) is 72.6. The largest absolute Gasteiger partial charge is 0.466 e. The lowest BCUT2D eigenvalue weighted by Gasteiger charge is -2.20. The van der Waals surface area contributed by atoms with Crippen LogP contribution in [0.25, 0.3) is 0 Å². The van der Waals surface area contributed by atoms with Crippen molar-refractivity contribution in [3.8, 4) is 0 Å². The van der Waals surface area contributed by atoms with E-state index < -0.39 is 12.1 Å². The highest BCUT2D eigenvalue weighted by atomic mass is 16.5. The van der Waals surface area contributed by atoms with Crippen molar-refractivity contribution in [3.63, 3.8) is 0 Å². The van der Waals surface area contributed by atoms with Crippen LogP contribution in [-0.4, -0.2) is 47.4 Å². The highest BCUT2D eigenvalue weighted by Gasteiger charge is 2.18. The monoisotopic (exact) mass is 1040 g/mol. The molecule has 0 aliphatic heterocycles. The SMILES string of the molecule is CCCCCCCCCCCCCCCCCCCCCC/C=C/C(O)C(CO)NC(=O)CCCCCCCCCCCCCCCCCCCOC(=O)CCCCCCCCCCCCCCCCCCCC. The molecular formula is C68H133NO5. The molecule has 0 saturated heterocycles. The molecular weight excluding hydrogens is 911 g/mol. The van der Waals surface area contributed by atoms with Gasteiger partial charge in [-0.1, -0.05) is 353 Å². The van der Waals surface area contributed by atoms with Crippen molar-refractivity contribution < 1.29 is 24.5 Å². The van der Waals surface area contributed by atoms with Gasteiger partial charge in [0.05, 0.1) is 25.4 Å². The molecule has 1 amide bonds. The summed E-state index contributed by atoms with van der Waals surface area (Å²) in [4.78, 5) is 24.6. The normalized spacial score (nSPS) is 12.5. The Balaban J connectivity index is 3.42. The van der Waals surface area contributed by atoms with Crippen LogP contribution in [0, 0.1) is 0 Å². The number of aliphatic hydroxyl groups is 2. The summed E-state index contributed by atoms with van der Waals surface area (Å²) in [5.74, 6) is -0.0584. The molecule has 440 valence electrons. The molecule has 0 aliphatic rings. The topological polar surface area (TPSA) is 95.9 Å². The van der Waals surface area contributed by atoms with Crippen molar-refractivity contribution in [1.82, 2.24) is 5.32 Å². The molecule has 0 aromatic rings. The van der Waals surface area contributed by atoms with Crippen LogP contribution in [-0.2, 0) is 14.3 Å². The molecule has 6 heteroatoms. The van der Waals surface area contributed by atoms with Crippen LogP contribution in [0.5, 0.6) is 0 Å². The zero-order valence-corrected chi connectivity index (χ0v) is 50.4. The lowest BCUT2D eigenvalue weighted by molar-refractivity contribution is -0.143. The maximum Gasteiger partial charge on any atom is 0.305 e. The van der Waals surface area contributed by atoms with E-state index in [-0.39, 0.29) is 18.5 Å². The summed E-state index contributed by atoms with van der Waals surface area (Å²) in [5.41, 5.74) is 0. The summed E-state index contributed by atoms with van der Waals surface area (Å²) in [5, 5.41) is 23.2. The first-order valence-electron chi connectivity index (χ1n) is 34.0. The van der Waals surface area contributed by atoms with Gasteiger partial charge in [-0.05, 0) is 32.1 Å². The van der Waals surface area contributed by atoms with Crippen molar-refractivity contribution in [2.75, 3.05) is 13.2 Å². The molecule has 0 aromatic heterocycles. The van der Waals surface area contributed by atoms with Crippen molar-refractivity contribution in [1.29, 1.82) is 0 Å². The summed E-state index contributed by atoms with van der Waals surface area (Å²) in [6.07, 6.45) is 78.4. The standard InChI is InChI=1S/C68H133NO5/c1-3-5-7-9-11-13-15-17-19-21-23-24-25-26-28-32-36-40-44-48-52-56-60-66(71)65(64-70)69-67(72)61-57-53-49-45-41-37-33-29-27-31-35-39-43-47-51-55-59-63-74-68(73)62-58-54-50-46-42-38-34-30-22-20-18-16-14-12-10-8-6-4-2/h56,60,65-66,70-71H,3-55,57-59,61-64H2,1-2H3,(H,69,72)/b60-56+. The molecule has 6 nitrogen and oxygen atoms in total. The van der Waals surface area contributed by atoms with E-state index in [2.05, 4.69) is 19.2 Å². The summed E-state index contributed by atoms with van der Waals surface area (Å²) >= 11 is 0. The number of amides is 1. The minimum Gasteiger partial charge on any atom is -0.466 e. The molecule has 0 heterocycles. The number of nitrogens with one attached hydrogen (secondary N) is 1. The second-order valence-corrected chi connectivity index (χ2v) is 23.5. The maximum absolute atomic E-state index is 12.5. The van der Waals surface area contributed by atoms with Crippen LogP contribution in [0.15, 0.2) is 12.2 Å². The molecule has 2 atom stereocenters. The van der Waals surface area contributed by atoms with Gasteiger partial charge in [-0.15, -0.1) is 0 Å². The van der Waals surface area contributed by atoms with Crippen molar-refractivity contribution >= 4 is 11.9 Å². The number of unbranched alkanes of at least 4 members (excludes halogenated alkanes) is 53. The van der Waals surface area contributed by atoms with Gasteiger partial charge in [-0.25, -0.2) is 0 Å². The van der Waals surface area contributed by atoms with Gasteiger partial charge < -0.3 is 20.3 Å². The fourth-order valence-corrected chi connectivity index (χ4v) is 10.9. The second-order valence-electron chi connectivity index (χ2n) is 23.5. The average molecular weight is 1040 g/mol. The molecule has 74 heavy (non-hydrogen) atoms. The fourth-order valence-electron chi connectivity index (χ4n) is 10.9. The Hall–Kier alpha value is -1.40. The number of rotatable bonds is 64. The predicted molar refractivity (Wildman–Crippen MR) is 324 cm³/mol. The zero-order chi connectivity index (χ0) is 53.6. The number of aliphatic hydroxyl groups excluding tert-OH is 2. The Labute approximate surface area is 463 Å². The molecule has 3 N–H and O–H groups in total. The Bertz CT molecular complexity index is 1110. The smallest absolute Gasteiger partial charge is 0.305 e. The van der Waals surface area contributed by atoms with Crippen molar-refractivity contribution in [2.45, 2.75) is 398 Å². The van der Waals surface area contributed by atoms with E-state index in [9.17, 15) is 19.8 Å². The van der Waals surface area contributed by atoms with Gasteiger partial charge >= 0.3 is 5.97 Å². The van der Waals surface area contributed by atoms with Crippen molar-refractivity contribution in [2.24, 2.45) is 0 Å². The predicted octanol–water partition coefficient (Wildman–Crippen LogP) is 21.6. The molecule has 0 radical (unpaired) electrons. The molecule has 0 bridgehead atoms. The van der Waals surface area contributed by atoms with E-state index in [4.69, 9.17) is 4.74 Å². The number of esters is 1. The Morgan fingerprint density at radius 1 is 0.365 bits per heavy atom. The first-order valence-corrected chi connectivity index (χ1v) is 34.0. The molecule has 2 unspecified atom stereocenters. The molecule has 0 aliphatic carbocycles. The number of allylic oxidation sites excluding steroid dienone is 1. The molecule has 0 fully saturated rings. The van der Waals surface area contributed by atoms with E-state index in [1.165, 1.54) is 321 Å².